The minimum Gasteiger partial charge on any atom is -0.206 e. The van der Waals surface area contributed by atoms with E-state index >= 15 is 0 Å². The van der Waals surface area contributed by atoms with Crippen molar-refractivity contribution in [2.75, 3.05) is 0 Å². The van der Waals surface area contributed by atoms with E-state index in [-0.39, 0.29) is 5.82 Å². The third-order valence-corrected chi connectivity index (χ3v) is 4.80. The number of rotatable bonds is 2. The molecule has 0 saturated carbocycles. The molecular formula is C15H12BrCl2F. The molecule has 0 radical (unpaired) electrons. The predicted octanol–water partition coefficient (Wildman–Crippen LogP) is 6.19. The smallest absolute Gasteiger partial charge is 0.129 e. The summed E-state index contributed by atoms with van der Waals surface area (Å²) in [6.07, 6.45) is 0. The van der Waals surface area contributed by atoms with Gasteiger partial charge in [0.05, 0.1) is 10.4 Å². The summed E-state index contributed by atoms with van der Waals surface area (Å²) in [5, 5.41) is 0.185. The molecule has 100 valence electrons. The number of alkyl halides is 1. The topological polar surface area (TPSA) is 0 Å². The van der Waals surface area contributed by atoms with Crippen molar-refractivity contribution in [1.29, 1.82) is 0 Å². The lowest BCUT2D eigenvalue weighted by atomic mass is 9.99. The van der Waals surface area contributed by atoms with Crippen LogP contribution in [0.4, 0.5) is 4.39 Å². The minimum absolute atomic E-state index is 0.187. The lowest BCUT2D eigenvalue weighted by molar-refractivity contribution is 0.608. The summed E-state index contributed by atoms with van der Waals surface area (Å²) in [5.41, 5.74) is 2.83. The Morgan fingerprint density at radius 2 is 1.74 bits per heavy atom. The third kappa shape index (κ3) is 2.96. The van der Waals surface area contributed by atoms with Gasteiger partial charge in [-0.15, -0.1) is 11.6 Å². The van der Waals surface area contributed by atoms with Gasteiger partial charge in [-0.1, -0.05) is 35.9 Å². The molecule has 0 aliphatic carbocycles. The monoisotopic (exact) mass is 360 g/mol. The number of benzene rings is 2. The van der Waals surface area contributed by atoms with E-state index in [9.17, 15) is 4.39 Å². The van der Waals surface area contributed by atoms with Gasteiger partial charge in [0, 0.05) is 4.47 Å². The van der Waals surface area contributed by atoms with Gasteiger partial charge in [0.2, 0.25) is 0 Å². The maximum atomic E-state index is 13.6. The summed E-state index contributed by atoms with van der Waals surface area (Å²) in [5.74, 6) is -0.187. The van der Waals surface area contributed by atoms with Crippen LogP contribution in [-0.2, 0) is 0 Å². The first-order valence-corrected chi connectivity index (χ1v) is 7.37. The van der Waals surface area contributed by atoms with E-state index in [0.717, 1.165) is 15.6 Å². The minimum atomic E-state index is -0.400. The van der Waals surface area contributed by atoms with Crippen LogP contribution in [0, 0.1) is 19.7 Å². The number of hydrogen-bond donors (Lipinski definition) is 0. The van der Waals surface area contributed by atoms with Crippen molar-refractivity contribution in [3.05, 3.63) is 67.9 Å². The van der Waals surface area contributed by atoms with Gasteiger partial charge in [-0.2, -0.15) is 0 Å². The number of hydrogen-bond acceptors (Lipinski definition) is 0. The van der Waals surface area contributed by atoms with Gasteiger partial charge >= 0.3 is 0 Å². The molecule has 19 heavy (non-hydrogen) atoms. The van der Waals surface area contributed by atoms with Crippen molar-refractivity contribution in [3.63, 3.8) is 0 Å². The van der Waals surface area contributed by atoms with Crippen LogP contribution >= 0.6 is 39.1 Å². The van der Waals surface area contributed by atoms with Crippen LogP contribution in [0.25, 0.3) is 0 Å². The van der Waals surface area contributed by atoms with Crippen LogP contribution in [0.15, 0.2) is 34.8 Å². The molecule has 4 heteroatoms. The zero-order valence-corrected chi connectivity index (χ0v) is 13.6. The zero-order chi connectivity index (χ0) is 14.2. The molecule has 1 unspecified atom stereocenters. The first-order chi connectivity index (χ1) is 8.91. The summed E-state index contributed by atoms with van der Waals surface area (Å²) in [6.45, 7) is 3.47. The highest BCUT2D eigenvalue weighted by atomic mass is 79.9. The summed E-state index contributed by atoms with van der Waals surface area (Å²) in [7, 11) is 0. The van der Waals surface area contributed by atoms with Crippen molar-refractivity contribution in [1.82, 2.24) is 0 Å². The van der Waals surface area contributed by atoms with Crippen LogP contribution < -0.4 is 0 Å². The van der Waals surface area contributed by atoms with Crippen LogP contribution in [-0.4, -0.2) is 0 Å². The SMILES string of the molecule is Cc1cc(C(Cl)c2cccc(Br)c2Cl)cc(C)c1F. The molecule has 2 aromatic carbocycles. The average Bonchev–Trinajstić information content (AvgIpc) is 2.38. The molecule has 0 aliphatic heterocycles. The van der Waals surface area contributed by atoms with Crippen molar-refractivity contribution < 1.29 is 4.39 Å². The van der Waals surface area contributed by atoms with Gasteiger partial charge < -0.3 is 0 Å². The molecule has 0 fully saturated rings. The van der Waals surface area contributed by atoms with Crippen LogP contribution in [0.3, 0.4) is 0 Å². The molecule has 0 aromatic heterocycles. The van der Waals surface area contributed by atoms with Crippen molar-refractivity contribution in [3.8, 4) is 0 Å². The summed E-state index contributed by atoms with van der Waals surface area (Å²) < 4.78 is 14.4. The fourth-order valence-electron chi connectivity index (χ4n) is 2.02. The van der Waals surface area contributed by atoms with E-state index in [1.807, 2.05) is 18.2 Å². The fourth-order valence-corrected chi connectivity index (χ4v) is 3.00. The standard InChI is InChI=1S/C15H12BrCl2F/c1-8-6-10(7-9(2)15(8)19)13(17)11-4-3-5-12(16)14(11)18/h3-7,13H,1-2H3. The predicted molar refractivity (Wildman–Crippen MR) is 82.7 cm³/mol. The Bertz CT molecular complexity index is 603. The van der Waals surface area contributed by atoms with E-state index in [1.165, 1.54) is 0 Å². The van der Waals surface area contributed by atoms with Gasteiger partial charge in [0.25, 0.3) is 0 Å². The van der Waals surface area contributed by atoms with Gasteiger partial charge in [0.15, 0.2) is 0 Å². The first-order valence-electron chi connectivity index (χ1n) is 5.76. The summed E-state index contributed by atoms with van der Waals surface area (Å²) in [4.78, 5) is 0. The van der Waals surface area contributed by atoms with Crippen LogP contribution in [0.2, 0.25) is 5.02 Å². The lowest BCUT2D eigenvalue weighted by Crippen LogP contribution is -1.98. The molecule has 0 amide bonds. The maximum Gasteiger partial charge on any atom is 0.129 e. The first kappa shape index (κ1) is 14.8. The molecule has 0 N–H and O–H groups in total. The van der Waals surface area contributed by atoms with Gasteiger partial charge in [-0.05, 0) is 58.1 Å². The Kier molecular flexibility index (Phi) is 4.54. The summed E-state index contributed by atoms with van der Waals surface area (Å²) in [6, 6.07) is 9.13. The van der Waals surface area contributed by atoms with E-state index in [2.05, 4.69) is 15.9 Å². The number of aryl methyl sites for hydroxylation is 2. The number of halogens is 4. The van der Waals surface area contributed by atoms with E-state index in [4.69, 9.17) is 23.2 Å². The highest BCUT2D eigenvalue weighted by Crippen LogP contribution is 2.37. The molecule has 0 bridgehead atoms. The zero-order valence-electron chi connectivity index (χ0n) is 10.5. The second kappa shape index (κ2) is 5.82. The largest absolute Gasteiger partial charge is 0.206 e. The lowest BCUT2D eigenvalue weighted by Gasteiger charge is -2.15. The molecule has 0 aliphatic rings. The Morgan fingerprint density at radius 3 is 2.32 bits per heavy atom. The fraction of sp³-hybridized carbons (Fsp3) is 0.200. The van der Waals surface area contributed by atoms with Gasteiger partial charge in [-0.25, -0.2) is 4.39 Å². The average molecular weight is 362 g/mol. The second-order valence-electron chi connectivity index (χ2n) is 4.47. The Labute approximate surface area is 130 Å². The molecule has 2 rings (SSSR count). The van der Waals surface area contributed by atoms with Crippen LogP contribution in [0.1, 0.15) is 27.6 Å². The highest BCUT2D eigenvalue weighted by Gasteiger charge is 2.17. The van der Waals surface area contributed by atoms with Crippen molar-refractivity contribution in [2.45, 2.75) is 19.2 Å². The quantitative estimate of drug-likeness (QED) is 0.559. The molecular weight excluding hydrogens is 350 g/mol. The maximum absolute atomic E-state index is 13.6. The molecule has 2 aromatic rings. The van der Waals surface area contributed by atoms with Crippen molar-refractivity contribution in [2.24, 2.45) is 0 Å². The van der Waals surface area contributed by atoms with Gasteiger partial charge in [-0.3, -0.25) is 0 Å². The molecule has 1 atom stereocenters. The normalized spacial score (nSPS) is 12.5. The van der Waals surface area contributed by atoms with Gasteiger partial charge in [0.1, 0.15) is 5.82 Å². The molecule has 0 heterocycles. The summed E-state index contributed by atoms with van der Waals surface area (Å²) >= 11 is 16.1. The Balaban J connectivity index is 2.50. The Morgan fingerprint density at radius 1 is 1.16 bits per heavy atom. The third-order valence-electron chi connectivity index (χ3n) is 3.01. The molecule has 0 spiro atoms. The van der Waals surface area contributed by atoms with Crippen molar-refractivity contribution >= 4 is 39.1 Å². The second-order valence-corrected chi connectivity index (χ2v) is 6.14. The highest BCUT2D eigenvalue weighted by molar-refractivity contribution is 9.10. The molecule has 0 nitrogen and oxygen atoms in total. The van der Waals surface area contributed by atoms with E-state index < -0.39 is 5.38 Å². The molecule has 0 saturated heterocycles. The van der Waals surface area contributed by atoms with E-state index in [1.54, 1.807) is 26.0 Å². The van der Waals surface area contributed by atoms with E-state index in [0.29, 0.717) is 16.1 Å². The Hall–Kier alpha value is -0.570. The van der Waals surface area contributed by atoms with Crippen LogP contribution in [0.5, 0.6) is 0 Å².